The van der Waals surface area contributed by atoms with Gasteiger partial charge < -0.3 is 15.5 Å². The first-order valence-electron chi connectivity index (χ1n) is 10.3. The number of amides is 2. The Morgan fingerprint density at radius 1 is 1.03 bits per heavy atom. The molecule has 0 unspecified atom stereocenters. The van der Waals surface area contributed by atoms with Crippen LogP contribution < -0.4 is 10.6 Å². The highest BCUT2D eigenvalue weighted by Crippen LogP contribution is 2.17. The van der Waals surface area contributed by atoms with Crippen LogP contribution in [-0.4, -0.2) is 52.3 Å². The number of carbonyl (C=O) groups excluding carboxylic acids is 2. The second-order valence-corrected chi connectivity index (χ2v) is 7.24. The Kier molecular flexibility index (Phi) is 8.59. The van der Waals surface area contributed by atoms with E-state index in [0.29, 0.717) is 29.2 Å². The highest BCUT2D eigenvalue weighted by Gasteiger charge is 2.17. The van der Waals surface area contributed by atoms with E-state index >= 15 is 0 Å². The largest absolute Gasteiger partial charge is 0.351 e. The summed E-state index contributed by atoms with van der Waals surface area (Å²) >= 11 is 0. The molecule has 0 aliphatic rings. The minimum absolute atomic E-state index is 0. The summed E-state index contributed by atoms with van der Waals surface area (Å²) in [6, 6.07) is 10.8. The third-order valence-corrected chi connectivity index (χ3v) is 5.25. The van der Waals surface area contributed by atoms with Crippen LogP contribution in [-0.2, 0) is 0 Å². The monoisotopic (exact) mass is 443 g/mol. The van der Waals surface area contributed by atoms with Gasteiger partial charge in [0, 0.05) is 30.5 Å². The van der Waals surface area contributed by atoms with Crippen molar-refractivity contribution in [2.45, 2.75) is 27.7 Å². The lowest BCUT2D eigenvalue weighted by Crippen LogP contribution is -2.34. The number of aromatic nitrogens is 2. The predicted octanol–water partition coefficient (Wildman–Crippen LogP) is 3.70. The van der Waals surface area contributed by atoms with Crippen LogP contribution in [0.25, 0.3) is 5.65 Å². The molecule has 3 aromatic rings. The van der Waals surface area contributed by atoms with Crippen molar-refractivity contribution < 1.29 is 9.59 Å². The van der Waals surface area contributed by atoms with Crippen molar-refractivity contribution in [3.8, 4) is 0 Å². The Hall–Kier alpha value is -2.90. The van der Waals surface area contributed by atoms with Gasteiger partial charge in [-0.25, -0.2) is 4.98 Å². The maximum absolute atomic E-state index is 12.8. The summed E-state index contributed by atoms with van der Waals surface area (Å²) in [5.74, 6) is -0.352. The molecule has 0 saturated carbocycles. The zero-order valence-corrected chi connectivity index (χ0v) is 19.3. The van der Waals surface area contributed by atoms with Crippen molar-refractivity contribution in [1.29, 1.82) is 0 Å². The van der Waals surface area contributed by atoms with E-state index in [4.69, 9.17) is 0 Å². The number of pyridine rings is 1. The van der Waals surface area contributed by atoms with Crippen LogP contribution in [0.2, 0.25) is 0 Å². The highest BCUT2D eigenvalue weighted by atomic mass is 35.5. The van der Waals surface area contributed by atoms with E-state index in [1.807, 2.05) is 32.2 Å². The van der Waals surface area contributed by atoms with Gasteiger partial charge in [-0.3, -0.25) is 14.0 Å². The third-order valence-electron chi connectivity index (χ3n) is 5.25. The lowest BCUT2D eigenvalue weighted by Gasteiger charge is -2.18. The summed E-state index contributed by atoms with van der Waals surface area (Å²) in [6.45, 7) is 11.4. The number of nitrogens with zero attached hydrogens (tertiary/aromatic N) is 3. The molecular weight excluding hydrogens is 414 g/mol. The topological polar surface area (TPSA) is 78.7 Å². The van der Waals surface area contributed by atoms with Gasteiger partial charge in [-0.15, -0.1) is 12.4 Å². The van der Waals surface area contributed by atoms with Gasteiger partial charge in [0.2, 0.25) is 0 Å². The molecule has 0 spiro atoms. The zero-order valence-electron chi connectivity index (χ0n) is 18.4. The van der Waals surface area contributed by atoms with E-state index in [9.17, 15) is 9.59 Å². The molecule has 0 aliphatic heterocycles. The van der Waals surface area contributed by atoms with Gasteiger partial charge in [0.25, 0.3) is 11.8 Å². The summed E-state index contributed by atoms with van der Waals surface area (Å²) in [4.78, 5) is 31.9. The van der Waals surface area contributed by atoms with E-state index in [-0.39, 0.29) is 24.2 Å². The average Bonchev–Trinajstić information content (AvgIpc) is 3.09. The number of likely N-dealkylation sites (N-methyl/N-ethyl adjacent to an activating group) is 1. The smallest absolute Gasteiger partial charge is 0.274 e. The Morgan fingerprint density at radius 3 is 2.35 bits per heavy atom. The van der Waals surface area contributed by atoms with E-state index in [2.05, 4.69) is 34.4 Å². The number of hydrogen-bond acceptors (Lipinski definition) is 4. The molecule has 0 aliphatic carbocycles. The predicted molar refractivity (Wildman–Crippen MR) is 126 cm³/mol. The van der Waals surface area contributed by atoms with E-state index < -0.39 is 0 Å². The molecule has 3 rings (SSSR count). The van der Waals surface area contributed by atoms with Gasteiger partial charge in [0.05, 0.1) is 5.69 Å². The number of nitrogens with one attached hydrogen (secondary N) is 2. The molecule has 0 radical (unpaired) electrons. The first-order valence-corrected chi connectivity index (χ1v) is 10.3. The van der Waals surface area contributed by atoms with Crippen molar-refractivity contribution >= 4 is 35.6 Å². The minimum atomic E-state index is -0.234. The summed E-state index contributed by atoms with van der Waals surface area (Å²) < 4.78 is 1.80. The fourth-order valence-corrected chi connectivity index (χ4v) is 3.46. The maximum Gasteiger partial charge on any atom is 0.274 e. The molecule has 2 heterocycles. The van der Waals surface area contributed by atoms with Crippen LogP contribution in [0.3, 0.4) is 0 Å². The van der Waals surface area contributed by atoms with Crippen LogP contribution in [0.1, 0.15) is 46.0 Å². The molecule has 0 atom stereocenters. The number of carbonyl (C=O) groups is 2. The summed E-state index contributed by atoms with van der Waals surface area (Å²) in [5.41, 5.74) is 4.15. The molecule has 0 fully saturated rings. The molecule has 2 aromatic heterocycles. The van der Waals surface area contributed by atoms with Crippen molar-refractivity contribution in [1.82, 2.24) is 19.6 Å². The van der Waals surface area contributed by atoms with Crippen molar-refractivity contribution in [3.63, 3.8) is 0 Å². The van der Waals surface area contributed by atoms with Gasteiger partial charge in [0.15, 0.2) is 0 Å². The number of imidazole rings is 1. The molecule has 0 bridgehead atoms. The van der Waals surface area contributed by atoms with Crippen LogP contribution in [0.4, 0.5) is 5.69 Å². The van der Waals surface area contributed by atoms with Crippen LogP contribution >= 0.6 is 12.4 Å². The lowest BCUT2D eigenvalue weighted by molar-refractivity contribution is 0.0948. The molecule has 8 heteroatoms. The second kappa shape index (κ2) is 10.9. The third kappa shape index (κ3) is 5.62. The normalized spacial score (nSPS) is 10.7. The van der Waals surface area contributed by atoms with Crippen molar-refractivity contribution in [2.24, 2.45) is 0 Å². The lowest BCUT2D eigenvalue weighted by atomic mass is 10.2. The summed E-state index contributed by atoms with van der Waals surface area (Å²) in [7, 11) is 0. The van der Waals surface area contributed by atoms with E-state index in [0.717, 1.165) is 30.8 Å². The van der Waals surface area contributed by atoms with Crippen LogP contribution in [0, 0.1) is 13.8 Å². The standard InChI is InChI=1S/C23H29N5O2.ClH/c1-5-27(6-2)15-13-24-22(29)18-9-11-19(12-10-18)26-23(30)20-17(4)25-21-16(3)8-7-14-28(20)21;/h7-12,14H,5-6,13,15H2,1-4H3,(H,24,29)(H,26,30);1H. The minimum Gasteiger partial charge on any atom is -0.351 e. The van der Waals surface area contributed by atoms with Crippen LogP contribution in [0.15, 0.2) is 42.6 Å². The van der Waals surface area contributed by atoms with Gasteiger partial charge in [-0.2, -0.15) is 0 Å². The van der Waals surface area contributed by atoms with Crippen LogP contribution in [0.5, 0.6) is 0 Å². The second-order valence-electron chi connectivity index (χ2n) is 7.24. The number of rotatable bonds is 8. The Balaban J connectivity index is 0.00000341. The molecule has 2 N–H and O–H groups in total. The van der Waals surface area contributed by atoms with Crippen molar-refractivity contribution in [3.05, 3.63) is 65.1 Å². The number of fused-ring (bicyclic) bond motifs is 1. The number of anilines is 1. The molecule has 7 nitrogen and oxygen atoms in total. The molecule has 166 valence electrons. The highest BCUT2D eigenvalue weighted by molar-refractivity contribution is 6.04. The van der Waals surface area contributed by atoms with Gasteiger partial charge in [-0.05, 0) is 62.8 Å². The summed E-state index contributed by atoms with van der Waals surface area (Å²) in [5, 5.41) is 5.83. The van der Waals surface area contributed by atoms with Gasteiger partial charge >= 0.3 is 0 Å². The maximum atomic E-state index is 12.8. The van der Waals surface area contributed by atoms with E-state index in [1.54, 1.807) is 28.7 Å². The van der Waals surface area contributed by atoms with Crippen molar-refractivity contribution in [2.75, 3.05) is 31.5 Å². The SMILES string of the molecule is CCN(CC)CCNC(=O)c1ccc(NC(=O)c2c(C)nc3c(C)cccn23)cc1.Cl. The fourth-order valence-electron chi connectivity index (χ4n) is 3.46. The first-order chi connectivity index (χ1) is 14.4. The quantitative estimate of drug-likeness (QED) is 0.556. The van der Waals surface area contributed by atoms with E-state index in [1.165, 1.54) is 0 Å². The molecule has 0 saturated heterocycles. The van der Waals surface area contributed by atoms with Gasteiger partial charge in [-0.1, -0.05) is 19.9 Å². The fraction of sp³-hybridized carbons (Fsp3) is 0.348. The number of aryl methyl sites for hydroxylation is 2. The Bertz CT molecular complexity index is 1040. The number of hydrogen-bond donors (Lipinski definition) is 2. The molecule has 1 aromatic carbocycles. The Labute approximate surface area is 189 Å². The van der Waals surface area contributed by atoms with Gasteiger partial charge in [0.1, 0.15) is 11.3 Å². The number of benzene rings is 1. The summed E-state index contributed by atoms with van der Waals surface area (Å²) in [6.07, 6.45) is 1.84. The Morgan fingerprint density at radius 2 is 1.71 bits per heavy atom. The number of halogens is 1. The average molecular weight is 444 g/mol. The molecule has 2 amide bonds. The zero-order chi connectivity index (χ0) is 21.7. The first kappa shape index (κ1) is 24.4. The molecule has 31 heavy (non-hydrogen) atoms. The molecular formula is C23H30ClN5O2.